The number of aryl methyl sites for hydroxylation is 1. The second-order valence-electron chi connectivity index (χ2n) is 5.29. The Hall–Kier alpha value is -1.29. The van der Waals surface area contributed by atoms with Crippen LogP contribution in [0.15, 0.2) is 15.3 Å². The highest BCUT2D eigenvalue weighted by Gasteiger charge is 2.26. The first kappa shape index (κ1) is 13.1. The third-order valence-corrected chi connectivity index (χ3v) is 3.82. The molecule has 0 aromatic carbocycles. The van der Waals surface area contributed by atoms with Crippen molar-refractivity contribution in [3.05, 3.63) is 27.8 Å². The minimum Gasteiger partial charge on any atom is -0.502 e. The van der Waals surface area contributed by atoms with Crippen LogP contribution in [0.4, 0.5) is 0 Å². The summed E-state index contributed by atoms with van der Waals surface area (Å²) in [5, 5.41) is 9.79. The lowest BCUT2D eigenvalue weighted by Gasteiger charge is -2.38. The molecular formula is C14H21NO3. The van der Waals surface area contributed by atoms with Gasteiger partial charge in [-0.3, -0.25) is 9.69 Å². The lowest BCUT2D eigenvalue weighted by molar-refractivity contribution is 0.0843. The molecule has 4 heteroatoms. The van der Waals surface area contributed by atoms with Crippen molar-refractivity contribution in [3.63, 3.8) is 0 Å². The summed E-state index contributed by atoms with van der Waals surface area (Å²) in [4.78, 5) is 13.8. The number of aromatic hydroxyl groups is 1. The first-order valence-electron chi connectivity index (χ1n) is 6.57. The van der Waals surface area contributed by atoms with Crippen LogP contribution in [0.3, 0.4) is 0 Å². The smallest absolute Gasteiger partial charge is 0.227 e. The molecule has 2 heterocycles. The van der Waals surface area contributed by atoms with Crippen LogP contribution < -0.4 is 5.43 Å². The van der Waals surface area contributed by atoms with Gasteiger partial charge in [-0.05, 0) is 33.6 Å². The summed E-state index contributed by atoms with van der Waals surface area (Å²) in [5.41, 5.74) is -0.355. The zero-order chi connectivity index (χ0) is 13.3. The number of rotatable bonds is 2. The minimum atomic E-state index is -0.355. The Morgan fingerprint density at radius 3 is 2.61 bits per heavy atom. The number of piperidine rings is 1. The van der Waals surface area contributed by atoms with E-state index >= 15 is 0 Å². The molecule has 0 bridgehead atoms. The van der Waals surface area contributed by atoms with E-state index in [1.807, 2.05) is 0 Å². The Morgan fingerprint density at radius 2 is 2.00 bits per heavy atom. The van der Waals surface area contributed by atoms with Crippen molar-refractivity contribution in [2.75, 3.05) is 0 Å². The van der Waals surface area contributed by atoms with Crippen LogP contribution in [0.2, 0.25) is 0 Å². The van der Waals surface area contributed by atoms with E-state index in [1.165, 1.54) is 12.5 Å². The van der Waals surface area contributed by atoms with Gasteiger partial charge in [0.1, 0.15) is 5.76 Å². The molecule has 18 heavy (non-hydrogen) atoms. The summed E-state index contributed by atoms with van der Waals surface area (Å²) in [6.07, 6.45) is 3.55. The monoisotopic (exact) mass is 251 g/mol. The van der Waals surface area contributed by atoms with Crippen molar-refractivity contribution in [1.82, 2.24) is 4.90 Å². The van der Waals surface area contributed by atoms with Gasteiger partial charge in [-0.15, -0.1) is 0 Å². The predicted octanol–water partition coefficient (Wildman–Crippen LogP) is 2.42. The summed E-state index contributed by atoms with van der Waals surface area (Å²) in [7, 11) is 0. The Bertz CT molecular complexity index is 470. The Balaban J connectivity index is 2.25. The van der Waals surface area contributed by atoms with E-state index in [1.54, 1.807) is 6.92 Å². The predicted molar refractivity (Wildman–Crippen MR) is 69.7 cm³/mol. The van der Waals surface area contributed by atoms with Crippen LogP contribution in [0, 0.1) is 6.92 Å². The Kier molecular flexibility index (Phi) is 3.76. The van der Waals surface area contributed by atoms with Crippen molar-refractivity contribution >= 4 is 0 Å². The molecule has 1 aromatic heterocycles. The van der Waals surface area contributed by atoms with E-state index in [0.717, 1.165) is 12.8 Å². The van der Waals surface area contributed by atoms with Crippen LogP contribution in [0.1, 0.15) is 44.6 Å². The van der Waals surface area contributed by atoms with Gasteiger partial charge >= 0.3 is 0 Å². The maximum Gasteiger partial charge on any atom is 0.227 e. The van der Waals surface area contributed by atoms with E-state index in [4.69, 9.17) is 4.42 Å². The van der Waals surface area contributed by atoms with Crippen molar-refractivity contribution < 1.29 is 9.52 Å². The van der Waals surface area contributed by atoms with Gasteiger partial charge in [-0.25, -0.2) is 0 Å². The van der Waals surface area contributed by atoms with Crippen molar-refractivity contribution in [1.29, 1.82) is 0 Å². The largest absolute Gasteiger partial charge is 0.502 e. The van der Waals surface area contributed by atoms with E-state index in [9.17, 15) is 9.90 Å². The van der Waals surface area contributed by atoms with Gasteiger partial charge in [0.2, 0.25) is 11.2 Å². The van der Waals surface area contributed by atoms with Crippen LogP contribution in [0.25, 0.3) is 0 Å². The van der Waals surface area contributed by atoms with Gasteiger partial charge < -0.3 is 9.52 Å². The molecule has 100 valence electrons. The summed E-state index contributed by atoms with van der Waals surface area (Å²) in [5.74, 6) is 0.691. The zero-order valence-corrected chi connectivity index (χ0v) is 11.3. The highest BCUT2D eigenvalue weighted by molar-refractivity contribution is 5.24. The van der Waals surface area contributed by atoms with Crippen LogP contribution in [-0.4, -0.2) is 22.1 Å². The van der Waals surface area contributed by atoms with Crippen LogP contribution in [0.5, 0.6) is 5.75 Å². The molecule has 0 spiro atoms. The molecule has 2 atom stereocenters. The van der Waals surface area contributed by atoms with Gasteiger partial charge in [0.15, 0.2) is 5.76 Å². The number of hydrogen-bond acceptors (Lipinski definition) is 4. The third-order valence-electron chi connectivity index (χ3n) is 3.82. The summed E-state index contributed by atoms with van der Waals surface area (Å²) in [6.45, 7) is 6.60. The van der Waals surface area contributed by atoms with Crippen LogP contribution >= 0.6 is 0 Å². The average Bonchev–Trinajstić information content (AvgIpc) is 2.30. The third kappa shape index (κ3) is 2.58. The summed E-state index contributed by atoms with van der Waals surface area (Å²) in [6, 6.07) is 2.24. The summed E-state index contributed by atoms with van der Waals surface area (Å²) < 4.78 is 5.50. The highest BCUT2D eigenvalue weighted by atomic mass is 16.4. The van der Waals surface area contributed by atoms with Crippen molar-refractivity contribution in [2.24, 2.45) is 0 Å². The standard InChI is InChI=1S/C14H21NO3/c1-9-5-4-6-10(2)15(9)8-13-14(17)12(16)7-11(3)18-13/h7,9-10,17H,4-6,8H2,1-3H3. The van der Waals surface area contributed by atoms with Crippen molar-refractivity contribution in [2.45, 2.75) is 58.7 Å². The molecule has 2 unspecified atom stereocenters. The first-order chi connectivity index (χ1) is 8.49. The maximum atomic E-state index is 11.5. The molecule has 4 nitrogen and oxygen atoms in total. The van der Waals surface area contributed by atoms with Crippen molar-refractivity contribution in [3.8, 4) is 5.75 Å². The maximum absolute atomic E-state index is 11.5. The molecule has 1 aliphatic heterocycles. The first-order valence-corrected chi connectivity index (χ1v) is 6.57. The van der Waals surface area contributed by atoms with Gasteiger partial charge in [-0.2, -0.15) is 0 Å². The molecular weight excluding hydrogens is 230 g/mol. The Labute approximate surface area is 107 Å². The SMILES string of the molecule is Cc1cc(=O)c(O)c(CN2C(C)CCCC2C)o1. The van der Waals surface area contributed by atoms with Gasteiger partial charge in [0, 0.05) is 18.2 Å². The lowest BCUT2D eigenvalue weighted by Crippen LogP contribution is -2.43. The van der Waals surface area contributed by atoms with Gasteiger partial charge in [0.05, 0.1) is 6.54 Å². The van der Waals surface area contributed by atoms with Crippen LogP contribution in [-0.2, 0) is 6.54 Å². The fraction of sp³-hybridized carbons (Fsp3) is 0.643. The molecule has 1 fully saturated rings. The quantitative estimate of drug-likeness (QED) is 0.877. The van der Waals surface area contributed by atoms with E-state index in [2.05, 4.69) is 18.7 Å². The summed E-state index contributed by atoms with van der Waals surface area (Å²) >= 11 is 0. The van der Waals surface area contributed by atoms with Gasteiger partial charge in [-0.1, -0.05) is 6.42 Å². The molecule has 1 saturated heterocycles. The number of hydrogen-bond donors (Lipinski definition) is 1. The second-order valence-corrected chi connectivity index (χ2v) is 5.29. The fourth-order valence-electron chi connectivity index (χ4n) is 2.72. The topological polar surface area (TPSA) is 53.7 Å². The highest BCUT2D eigenvalue weighted by Crippen LogP contribution is 2.26. The molecule has 1 aliphatic rings. The average molecular weight is 251 g/mol. The normalized spacial score (nSPS) is 25.3. The molecule has 0 amide bonds. The van der Waals surface area contributed by atoms with E-state index in [-0.39, 0.29) is 11.2 Å². The lowest BCUT2D eigenvalue weighted by atomic mass is 9.97. The molecule has 1 aromatic rings. The van der Waals surface area contributed by atoms with E-state index in [0.29, 0.717) is 30.1 Å². The van der Waals surface area contributed by atoms with E-state index < -0.39 is 0 Å². The second kappa shape index (κ2) is 5.14. The fourth-order valence-corrected chi connectivity index (χ4v) is 2.72. The Morgan fingerprint density at radius 1 is 1.39 bits per heavy atom. The molecule has 1 N–H and O–H groups in total. The molecule has 0 radical (unpaired) electrons. The minimum absolute atomic E-state index is 0.245. The molecule has 2 rings (SSSR count). The number of nitrogens with zero attached hydrogens (tertiary/aromatic N) is 1. The molecule has 0 saturated carbocycles. The zero-order valence-electron chi connectivity index (χ0n) is 11.3. The number of likely N-dealkylation sites (tertiary alicyclic amines) is 1. The molecule has 0 aliphatic carbocycles. The van der Waals surface area contributed by atoms with Gasteiger partial charge in [0.25, 0.3) is 0 Å².